The van der Waals surface area contributed by atoms with Gasteiger partial charge in [-0.3, -0.25) is 4.79 Å². The van der Waals surface area contributed by atoms with E-state index in [0.717, 1.165) is 22.4 Å². The number of nitrogens with one attached hydrogen (secondary N) is 2. The Hall–Kier alpha value is -2.88. The van der Waals surface area contributed by atoms with Crippen molar-refractivity contribution in [3.63, 3.8) is 0 Å². The Morgan fingerprint density at radius 1 is 1.09 bits per heavy atom. The van der Waals surface area contributed by atoms with Crippen LogP contribution in [0.25, 0.3) is 6.08 Å². The van der Waals surface area contributed by atoms with Crippen LogP contribution in [0.5, 0.6) is 0 Å². The summed E-state index contributed by atoms with van der Waals surface area (Å²) in [6, 6.07) is 17.8. The molecule has 4 heteroatoms. The highest BCUT2D eigenvalue weighted by Crippen LogP contribution is 2.12. The van der Waals surface area contributed by atoms with E-state index in [2.05, 4.69) is 15.8 Å². The molecule has 0 aliphatic carbocycles. The molecule has 0 saturated heterocycles. The Kier molecular flexibility index (Phi) is 6.12. The van der Waals surface area contributed by atoms with Gasteiger partial charge in [0.05, 0.1) is 12.8 Å². The van der Waals surface area contributed by atoms with Crippen LogP contribution in [0.4, 0.5) is 5.69 Å². The Balaban J connectivity index is 1.80. The monoisotopic (exact) mass is 307 g/mol. The lowest BCUT2D eigenvalue weighted by molar-refractivity contribution is -0.119. The van der Waals surface area contributed by atoms with Crippen LogP contribution in [0.15, 0.2) is 65.3 Å². The smallest absolute Gasteiger partial charge is 0.259 e. The van der Waals surface area contributed by atoms with Crippen molar-refractivity contribution in [2.24, 2.45) is 5.10 Å². The van der Waals surface area contributed by atoms with Crippen LogP contribution < -0.4 is 10.7 Å². The van der Waals surface area contributed by atoms with Gasteiger partial charge in [-0.05, 0) is 36.6 Å². The van der Waals surface area contributed by atoms with Crippen molar-refractivity contribution in [1.29, 1.82) is 0 Å². The topological polar surface area (TPSA) is 53.5 Å². The molecule has 1 amide bonds. The summed E-state index contributed by atoms with van der Waals surface area (Å²) in [7, 11) is 0. The van der Waals surface area contributed by atoms with Crippen LogP contribution in [0.3, 0.4) is 0 Å². The average molecular weight is 307 g/mol. The predicted molar refractivity (Wildman–Crippen MR) is 96.4 cm³/mol. The van der Waals surface area contributed by atoms with E-state index in [1.807, 2.05) is 74.5 Å². The number of allylic oxidation sites excluding steroid dienone is 1. The number of nitrogens with zero attached hydrogens (tertiary/aromatic N) is 1. The maximum absolute atomic E-state index is 11.8. The largest absolute Gasteiger partial charge is 0.376 e. The number of para-hydroxylation sites is 1. The Labute approximate surface area is 136 Å². The van der Waals surface area contributed by atoms with Crippen LogP contribution in [-0.4, -0.2) is 18.7 Å². The molecule has 0 spiro atoms. The second kappa shape index (κ2) is 8.54. The second-order valence-corrected chi connectivity index (χ2v) is 5.26. The number of carbonyl (C=O) groups excluding carboxylic acids is 1. The van der Waals surface area contributed by atoms with E-state index in [9.17, 15) is 4.79 Å². The molecule has 0 saturated carbocycles. The van der Waals surface area contributed by atoms with Crippen LogP contribution in [0, 0.1) is 6.92 Å². The fraction of sp³-hybridized carbons (Fsp3) is 0.158. The van der Waals surface area contributed by atoms with Crippen molar-refractivity contribution >= 4 is 23.9 Å². The highest BCUT2D eigenvalue weighted by molar-refractivity contribution is 5.87. The summed E-state index contributed by atoms with van der Waals surface area (Å²) in [6.45, 7) is 4.12. The zero-order valence-electron chi connectivity index (χ0n) is 13.4. The standard InChI is InChI=1S/C19H21N3O/c1-15(12-17-9-4-3-5-10-17)13-21-22-19(23)14-20-18-11-7-6-8-16(18)2/h3-13,20H,14H2,1-2H3,(H,22,23). The normalized spacial score (nSPS) is 11.5. The summed E-state index contributed by atoms with van der Waals surface area (Å²) in [5.74, 6) is -0.183. The van der Waals surface area contributed by atoms with Gasteiger partial charge in [0.25, 0.3) is 5.91 Å². The minimum absolute atomic E-state index is 0.183. The number of hydrogen-bond acceptors (Lipinski definition) is 3. The number of amides is 1. The first kappa shape index (κ1) is 16.5. The number of rotatable bonds is 6. The summed E-state index contributed by atoms with van der Waals surface area (Å²) in [6.07, 6.45) is 3.64. The molecule has 0 radical (unpaired) electrons. The minimum atomic E-state index is -0.183. The van der Waals surface area contributed by atoms with Crippen molar-refractivity contribution in [1.82, 2.24) is 5.43 Å². The molecule has 118 valence electrons. The number of anilines is 1. The highest BCUT2D eigenvalue weighted by atomic mass is 16.2. The van der Waals surface area contributed by atoms with Crippen LogP contribution in [0.2, 0.25) is 0 Å². The van der Waals surface area contributed by atoms with Gasteiger partial charge >= 0.3 is 0 Å². The number of hydrogen-bond donors (Lipinski definition) is 2. The van der Waals surface area contributed by atoms with Gasteiger partial charge in [0.2, 0.25) is 0 Å². The van der Waals surface area contributed by atoms with Crippen LogP contribution >= 0.6 is 0 Å². The second-order valence-electron chi connectivity index (χ2n) is 5.26. The van der Waals surface area contributed by atoms with Crippen molar-refractivity contribution < 1.29 is 4.79 Å². The van der Waals surface area contributed by atoms with E-state index in [0.29, 0.717) is 0 Å². The maximum Gasteiger partial charge on any atom is 0.259 e. The summed E-state index contributed by atoms with van der Waals surface area (Å²) >= 11 is 0. The van der Waals surface area contributed by atoms with Crippen molar-refractivity contribution in [3.8, 4) is 0 Å². The van der Waals surface area contributed by atoms with E-state index in [4.69, 9.17) is 0 Å². The Bertz CT molecular complexity index is 706. The summed E-state index contributed by atoms with van der Waals surface area (Å²) in [4.78, 5) is 11.8. The van der Waals surface area contributed by atoms with E-state index >= 15 is 0 Å². The summed E-state index contributed by atoms with van der Waals surface area (Å²) in [5.41, 5.74) is 6.63. The lowest BCUT2D eigenvalue weighted by Gasteiger charge is -2.07. The number of hydrazone groups is 1. The predicted octanol–water partition coefficient (Wildman–Crippen LogP) is 3.61. The van der Waals surface area contributed by atoms with E-state index in [1.54, 1.807) is 6.21 Å². The van der Waals surface area contributed by atoms with E-state index < -0.39 is 0 Å². The van der Waals surface area contributed by atoms with Gasteiger partial charge in [0, 0.05) is 5.69 Å². The molecule has 0 aromatic heterocycles. The third-order valence-corrected chi connectivity index (χ3v) is 3.24. The van der Waals surface area contributed by atoms with Gasteiger partial charge in [0.15, 0.2) is 0 Å². The number of aryl methyl sites for hydroxylation is 1. The molecule has 2 N–H and O–H groups in total. The van der Waals surface area contributed by atoms with E-state index in [1.165, 1.54) is 0 Å². The molecular formula is C19H21N3O. The van der Waals surface area contributed by atoms with Crippen LogP contribution in [-0.2, 0) is 4.79 Å². The maximum atomic E-state index is 11.8. The van der Waals surface area contributed by atoms with Crippen molar-refractivity contribution in [2.75, 3.05) is 11.9 Å². The highest BCUT2D eigenvalue weighted by Gasteiger charge is 2.00. The molecular weight excluding hydrogens is 286 g/mol. The fourth-order valence-corrected chi connectivity index (χ4v) is 2.04. The molecule has 0 fully saturated rings. The third-order valence-electron chi connectivity index (χ3n) is 3.24. The first-order chi connectivity index (χ1) is 11.1. The Morgan fingerprint density at radius 3 is 2.52 bits per heavy atom. The zero-order valence-corrected chi connectivity index (χ0v) is 13.4. The lowest BCUT2D eigenvalue weighted by Crippen LogP contribution is -2.26. The van der Waals surface area contributed by atoms with Gasteiger partial charge in [-0.15, -0.1) is 0 Å². The minimum Gasteiger partial charge on any atom is -0.376 e. The molecule has 23 heavy (non-hydrogen) atoms. The Morgan fingerprint density at radius 2 is 1.78 bits per heavy atom. The molecule has 0 aliphatic heterocycles. The average Bonchev–Trinajstić information content (AvgIpc) is 2.55. The zero-order chi connectivity index (χ0) is 16.5. The van der Waals surface area contributed by atoms with Gasteiger partial charge in [-0.1, -0.05) is 54.6 Å². The molecule has 2 aromatic rings. The van der Waals surface area contributed by atoms with Crippen molar-refractivity contribution in [2.45, 2.75) is 13.8 Å². The molecule has 0 atom stereocenters. The number of carbonyl (C=O) groups is 1. The molecule has 0 aliphatic rings. The van der Waals surface area contributed by atoms with Gasteiger partial charge in [-0.25, -0.2) is 5.43 Å². The molecule has 4 nitrogen and oxygen atoms in total. The molecule has 0 bridgehead atoms. The van der Waals surface area contributed by atoms with E-state index in [-0.39, 0.29) is 12.5 Å². The molecule has 0 heterocycles. The SMILES string of the molecule is CC(C=NNC(=O)CNc1ccccc1C)=Cc1ccccc1. The molecule has 2 rings (SSSR count). The molecule has 2 aromatic carbocycles. The van der Waals surface area contributed by atoms with Gasteiger partial charge in [0.1, 0.15) is 0 Å². The first-order valence-electron chi connectivity index (χ1n) is 7.50. The fourth-order valence-electron chi connectivity index (χ4n) is 2.04. The van der Waals surface area contributed by atoms with Crippen molar-refractivity contribution in [3.05, 3.63) is 71.3 Å². The first-order valence-corrected chi connectivity index (χ1v) is 7.50. The van der Waals surface area contributed by atoms with Gasteiger partial charge in [-0.2, -0.15) is 5.10 Å². The quantitative estimate of drug-likeness (QED) is 0.632. The summed E-state index contributed by atoms with van der Waals surface area (Å²) < 4.78 is 0. The third kappa shape index (κ3) is 5.79. The van der Waals surface area contributed by atoms with Gasteiger partial charge < -0.3 is 5.32 Å². The van der Waals surface area contributed by atoms with Crippen LogP contribution in [0.1, 0.15) is 18.1 Å². The molecule has 0 unspecified atom stereocenters. The summed E-state index contributed by atoms with van der Waals surface area (Å²) in [5, 5.41) is 7.06. The number of benzene rings is 2. The lowest BCUT2D eigenvalue weighted by atomic mass is 10.1.